The molecule has 0 unspecified atom stereocenters. The van der Waals surface area contributed by atoms with Gasteiger partial charge in [-0.05, 0) is 50.7 Å². The molecule has 0 saturated heterocycles. The molecule has 3 nitrogen and oxygen atoms in total. The Hall–Kier alpha value is -1.51. The van der Waals surface area contributed by atoms with Crippen LogP contribution in [0.25, 0.3) is 0 Å². The highest BCUT2D eigenvalue weighted by molar-refractivity contribution is 5.68. The SMILES string of the molecule is C[C@@H](Cc1ccc(C(C)(C)C)cc1)N(C)C(=O)OC(C)(C)C. The fourth-order valence-electron chi connectivity index (χ4n) is 2.13. The van der Waals surface area contributed by atoms with Crippen LogP contribution < -0.4 is 0 Å². The Kier molecular flexibility index (Phi) is 5.66. The Morgan fingerprint density at radius 1 is 1.09 bits per heavy atom. The van der Waals surface area contributed by atoms with E-state index in [0.29, 0.717) is 0 Å². The van der Waals surface area contributed by atoms with E-state index in [1.165, 1.54) is 11.1 Å². The minimum atomic E-state index is -0.459. The summed E-state index contributed by atoms with van der Waals surface area (Å²) in [7, 11) is 1.79. The highest BCUT2D eigenvalue weighted by Crippen LogP contribution is 2.23. The first kappa shape index (κ1) is 18.5. The smallest absolute Gasteiger partial charge is 0.410 e. The van der Waals surface area contributed by atoms with Gasteiger partial charge in [0.2, 0.25) is 0 Å². The van der Waals surface area contributed by atoms with Gasteiger partial charge in [-0.15, -0.1) is 0 Å². The molecule has 0 spiro atoms. The van der Waals surface area contributed by atoms with Crippen LogP contribution in [-0.4, -0.2) is 29.7 Å². The summed E-state index contributed by atoms with van der Waals surface area (Å²) < 4.78 is 5.41. The van der Waals surface area contributed by atoms with Crippen LogP contribution in [0.3, 0.4) is 0 Å². The van der Waals surface area contributed by atoms with E-state index in [9.17, 15) is 4.79 Å². The summed E-state index contributed by atoms with van der Waals surface area (Å²) in [6.45, 7) is 14.3. The molecule has 0 aromatic heterocycles. The zero-order valence-corrected chi connectivity index (χ0v) is 15.4. The van der Waals surface area contributed by atoms with Crippen LogP contribution in [0, 0.1) is 0 Å². The van der Waals surface area contributed by atoms with Crippen LogP contribution in [-0.2, 0) is 16.6 Å². The van der Waals surface area contributed by atoms with Crippen LogP contribution >= 0.6 is 0 Å². The molecule has 0 radical (unpaired) electrons. The quantitative estimate of drug-likeness (QED) is 0.804. The molecule has 0 aliphatic carbocycles. The van der Waals surface area contributed by atoms with Gasteiger partial charge in [-0.3, -0.25) is 0 Å². The van der Waals surface area contributed by atoms with Crippen molar-refractivity contribution in [2.45, 2.75) is 71.9 Å². The minimum Gasteiger partial charge on any atom is -0.444 e. The second-order valence-electron chi connectivity index (χ2n) is 8.09. The monoisotopic (exact) mass is 305 g/mol. The number of benzene rings is 1. The molecular formula is C19H31NO2. The lowest BCUT2D eigenvalue weighted by atomic mass is 9.86. The summed E-state index contributed by atoms with van der Waals surface area (Å²) in [4.78, 5) is 13.7. The highest BCUT2D eigenvalue weighted by atomic mass is 16.6. The molecule has 0 aliphatic heterocycles. The molecule has 1 amide bonds. The second kappa shape index (κ2) is 6.72. The topological polar surface area (TPSA) is 29.5 Å². The van der Waals surface area contributed by atoms with E-state index in [1.54, 1.807) is 11.9 Å². The third-order valence-corrected chi connectivity index (χ3v) is 3.69. The Morgan fingerprint density at radius 2 is 1.59 bits per heavy atom. The number of ether oxygens (including phenoxy) is 1. The molecule has 0 saturated carbocycles. The Bertz CT molecular complexity index is 492. The van der Waals surface area contributed by atoms with Crippen molar-refractivity contribution in [3.8, 4) is 0 Å². The lowest BCUT2D eigenvalue weighted by Gasteiger charge is -2.29. The Morgan fingerprint density at radius 3 is 2.00 bits per heavy atom. The summed E-state index contributed by atoms with van der Waals surface area (Å²) in [6, 6.07) is 8.75. The Balaban J connectivity index is 2.68. The predicted octanol–water partition coefficient (Wildman–Crippen LogP) is 4.78. The standard InChI is InChI=1S/C19H31NO2/c1-14(20(8)17(21)22-19(5,6)7)13-15-9-11-16(12-10-15)18(2,3)4/h9-12,14H,13H2,1-8H3/t14-/m0/s1. The summed E-state index contributed by atoms with van der Waals surface area (Å²) in [5.41, 5.74) is 2.26. The number of carbonyl (C=O) groups is 1. The van der Waals surface area contributed by atoms with Crippen molar-refractivity contribution in [2.24, 2.45) is 0 Å². The number of carbonyl (C=O) groups excluding carboxylic acids is 1. The van der Waals surface area contributed by atoms with E-state index in [2.05, 4.69) is 45.0 Å². The lowest BCUT2D eigenvalue weighted by molar-refractivity contribution is 0.0236. The van der Waals surface area contributed by atoms with Gasteiger partial charge in [0.1, 0.15) is 5.60 Å². The van der Waals surface area contributed by atoms with E-state index in [-0.39, 0.29) is 17.6 Å². The largest absolute Gasteiger partial charge is 0.444 e. The van der Waals surface area contributed by atoms with Crippen molar-refractivity contribution in [1.29, 1.82) is 0 Å². The van der Waals surface area contributed by atoms with Gasteiger partial charge >= 0.3 is 6.09 Å². The normalized spacial score (nSPS) is 13.6. The van der Waals surface area contributed by atoms with Crippen LogP contribution in [0.4, 0.5) is 4.79 Å². The third kappa shape index (κ3) is 5.70. The Labute approximate surface area is 135 Å². The number of nitrogens with zero attached hydrogens (tertiary/aromatic N) is 1. The number of likely N-dealkylation sites (N-methyl/N-ethyl adjacent to an activating group) is 1. The summed E-state index contributed by atoms with van der Waals surface area (Å²) in [5.74, 6) is 0. The van der Waals surface area contributed by atoms with Crippen LogP contribution in [0.1, 0.15) is 59.6 Å². The van der Waals surface area contributed by atoms with Gasteiger partial charge in [-0.2, -0.15) is 0 Å². The fourth-order valence-corrected chi connectivity index (χ4v) is 2.13. The van der Waals surface area contributed by atoms with Gasteiger partial charge in [0.15, 0.2) is 0 Å². The molecule has 1 aromatic carbocycles. The van der Waals surface area contributed by atoms with Gasteiger partial charge in [-0.1, -0.05) is 45.0 Å². The summed E-state index contributed by atoms with van der Waals surface area (Å²) in [5, 5.41) is 0. The molecular weight excluding hydrogens is 274 g/mol. The highest BCUT2D eigenvalue weighted by Gasteiger charge is 2.23. The van der Waals surface area contributed by atoms with E-state index in [4.69, 9.17) is 4.74 Å². The van der Waals surface area contributed by atoms with Crippen molar-refractivity contribution in [2.75, 3.05) is 7.05 Å². The molecule has 0 heterocycles. The van der Waals surface area contributed by atoms with Crippen LogP contribution in [0.2, 0.25) is 0 Å². The molecule has 1 aromatic rings. The molecule has 0 bridgehead atoms. The van der Waals surface area contributed by atoms with Crippen LogP contribution in [0.15, 0.2) is 24.3 Å². The molecule has 0 aliphatic rings. The first-order valence-electron chi connectivity index (χ1n) is 7.95. The average molecular weight is 305 g/mol. The molecule has 0 fully saturated rings. The van der Waals surface area contributed by atoms with Crippen molar-refractivity contribution in [3.63, 3.8) is 0 Å². The van der Waals surface area contributed by atoms with Crippen molar-refractivity contribution in [1.82, 2.24) is 4.90 Å². The second-order valence-corrected chi connectivity index (χ2v) is 8.09. The predicted molar refractivity (Wildman–Crippen MR) is 92.3 cm³/mol. The molecule has 22 heavy (non-hydrogen) atoms. The van der Waals surface area contributed by atoms with Crippen molar-refractivity contribution < 1.29 is 9.53 Å². The first-order valence-corrected chi connectivity index (χ1v) is 7.95. The molecule has 3 heteroatoms. The molecule has 1 rings (SSSR count). The average Bonchev–Trinajstić information content (AvgIpc) is 2.35. The van der Waals surface area contributed by atoms with Gasteiger partial charge in [0.25, 0.3) is 0 Å². The van der Waals surface area contributed by atoms with E-state index >= 15 is 0 Å². The summed E-state index contributed by atoms with van der Waals surface area (Å²) >= 11 is 0. The van der Waals surface area contributed by atoms with Gasteiger partial charge in [0.05, 0.1) is 0 Å². The van der Waals surface area contributed by atoms with Crippen molar-refractivity contribution >= 4 is 6.09 Å². The molecule has 124 valence electrons. The van der Waals surface area contributed by atoms with E-state index < -0.39 is 5.60 Å². The molecule has 1 atom stereocenters. The van der Waals surface area contributed by atoms with Gasteiger partial charge in [0, 0.05) is 13.1 Å². The fraction of sp³-hybridized carbons (Fsp3) is 0.632. The lowest BCUT2D eigenvalue weighted by Crippen LogP contribution is -2.40. The number of rotatable bonds is 3. The maximum Gasteiger partial charge on any atom is 0.410 e. The number of hydrogen-bond donors (Lipinski definition) is 0. The minimum absolute atomic E-state index is 0.0929. The summed E-state index contributed by atoms with van der Waals surface area (Å²) in [6.07, 6.45) is 0.548. The zero-order valence-electron chi connectivity index (χ0n) is 15.4. The first-order chi connectivity index (χ1) is 9.90. The van der Waals surface area contributed by atoms with Gasteiger partial charge < -0.3 is 9.64 Å². The van der Waals surface area contributed by atoms with Crippen molar-refractivity contribution in [3.05, 3.63) is 35.4 Å². The zero-order chi connectivity index (χ0) is 17.1. The number of amides is 1. The molecule has 0 N–H and O–H groups in total. The van der Waals surface area contributed by atoms with E-state index in [1.807, 2.05) is 27.7 Å². The maximum atomic E-state index is 12.1. The maximum absolute atomic E-state index is 12.1. The third-order valence-electron chi connectivity index (χ3n) is 3.69. The van der Waals surface area contributed by atoms with E-state index in [0.717, 1.165) is 6.42 Å². The van der Waals surface area contributed by atoms with Gasteiger partial charge in [-0.25, -0.2) is 4.79 Å². The van der Waals surface area contributed by atoms with Crippen LogP contribution in [0.5, 0.6) is 0 Å². The number of hydrogen-bond acceptors (Lipinski definition) is 2.